The first-order valence-corrected chi connectivity index (χ1v) is 11.1. The fourth-order valence-corrected chi connectivity index (χ4v) is 2.61. The number of aliphatic hydroxyl groups excluding tert-OH is 1. The molecule has 0 heterocycles. The SMILES string of the molecule is CC(C)(C)OCC(O)C(N)C(=O)OCc1ccccc1.Cc1ccc(S(=O)(=O)O)cc1. The molecule has 0 amide bonds. The number of nitrogens with two attached hydrogens (primary N) is 1. The maximum absolute atomic E-state index is 11.7. The van der Waals surface area contributed by atoms with Crippen molar-refractivity contribution < 1.29 is 32.3 Å². The number of aryl methyl sites for hydroxylation is 1. The Hall–Kier alpha value is -2.30. The predicted octanol–water partition coefficient (Wildman–Crippen LogP) is 2.47. The van der Waals surface area contributed by atoms with Crippen LogP contribution < -0.4 is 5.73 Å². The molecular weight excluding hydrogens is 422 g/mol. The summed E-state index contributed by atoms with van der Waals surface area (Å²) in [6.07, 6.45) is -1.09. The van der Waals surface area contributed by atoms with Crippen molar-refractivity contribution in [1.29, 1.82) is 0 Å². The molecule has 0 aliphatic heterocycles. The van der Waals surface area contributed by atoms with E-state index in [1.807, 2.05) is 58.0 Å². The molecule has 2 aromatic carbocycles. The highest BCUT2D eigenvalue weighted by Gasteiger charge is 2.26. The lowest BCUT2D eigenvalue weighted by Gasteiger charge is -2.24. The number of rotatable bonds is 7. The highest BCUT2D eigenvalue weighted by molar-refractivity contribution is 7.85. The molecule has 172 valence electrons. The second-order valence-electron chi connectivity index (χ2n) is 7.90. The van der Waals surface area contributed by atoms with Gasteiger partial charge in [-0.05, 0) is 45.4 Å². The van der Waals surface area contributed by atoms with Crippen LogP contribution in [0.1, 0.15) is 31.9 Å². The summed E-state index contributed by atoms with van der Waals surface area (Å²) in [6, 6.07) is 14.2. The van der Waals surface area contributed by atoms with E-state index >= 15 is 0 Å². The second kappa shape index (κ2) is 11.9. The van der Waals surface area contributed by atoms with Crippen molar-refractivity contribution in [2.24, 2.45) is 5.73 Å². The van der Waals surface area contributed by atoms with E-state index in [1.54, 1.807) is 12.1 Å². The Morgan fingerprint density at radius 1 is 1.06 bits per heavy atom. The van der Waals surface area contributed by atoms with E-state index in [0.29, 0.717) is 0 Å². The summed E-state index contributed by atoms with van der Waals surface area (Å²) in [5, 5.41) is 9.80. The molecule has 0 fully saturated rings. The zero-order chi connectivity index (χ0) is 23.7. The Morgan fingerprint density at radius 3 is 2.10 bits per heavy atom. The summed E-state index contributed by atoms with van der Waals surface area (Å²) in [5.41, 5.74) is 7.08. The van der Waals surface area contributed by atoms with Gasteiger partial charge in [0.05, 0.1) is 17.1 Å². The summed E-state index contributed by atoms with van der Waals surface area (Å²) in [7, 11) is -4.02. The van der Waals surface area contributed by atoms with Crippen molar-refractivity contribution in [3.8, 4) is 0 Å². The fraction of sp³-hybridized carbons (Fsp3) is 0.409. The number of benzene rings is 2. The molecule has 0 aromatic heterocycles. The maximum atomic E-state index is 11.7. The normalized spacial score (nSPS) is 13.5. The number of carbonyl (C=O) groups excluding carboxylic acids is 1. The topological polar surface area (TPSA) is 136 Å². The third kappa shape index (κ3) is 11.0. The molecule has 0 aliphatic rings. The lowest BCUT2D eigenvalue weighted by atomic mass is 10.1. The molecular formula is C22H31NO7S. The minimum Gasteiger partial charge on any atom is -0.460 e. The van der Waals surface area contributed by atoms with E-state index in [9.17, 15) is 18.3 Å². The van der Waals surface area contributed by atoms with Crippen molar-refractivity contribution in [1.82, 2.24) is 0 Å². The van der Waals surface area contributed by atoms with E-state index in [0.717, 1.165) is 11.1 Å². The molecule has 8 nitrogen and oxygen atoms in total. The van der Waals surface area contributed by atoms with Gasteiger partial charge in [-0.3, -0.25) is 9.35 Å². The van der Waals surface area contributed by atoms with Crippen molar-refractivity contribution in [2.75, 3.05) is 6.61 Å². The zero-order valence-electron chi connectivity index (χ0n) is 18.2. The van der Waals surface area contributed by atoms with Gasteiger partial charge in [-0.2, -0.15) is 8.42 Å². The second-order valence-corrected chi connectivity index (χ2v) is 9.32. The summed E-state index contributed by atoms with van der Waals surface area (Å²) < 4.78 is 40.0. The predicted molar refractivity (Wildman–Crippen MR) is 117 cm³/mol. The Balaban J connectivity index is 0.000000367. The molecule has 2 atom stereocenters. The van der Waals surface area contributed by atoms with E-state index in [4.69, 9.17) is 19.8 Å². The summed E-state index contributed by atoms with van der Waals surface area (Å²) in [6.45, 7) is 7.55. The average Bonchev–Trinajstić information content (AvgIpc) is 2.70. The zero-order valence-corrected chi connectivity index (χ0v) is 19.0. The number of hydrogen-bond donors (Lipinski definition) is 3. The van der Waals surface area contributed by atoms with E-state index in [1.165, 1.54) is 12.1 Å². The van der Waals surface area contributed by atoms with Crippen LogP contribution >= 0.6 is 0 Å². The smallest absolute Gasteiger partial charge is 0.326 e. The molecule has 2 aromatic rings. The van der Waals surface area contributed by atoms with Gasteiger partial charge in [0.25, 0.3) is 10.1 Å². The van der Waals surface area contributed by atoms with Gasteiger partial charge in [-0.1, -0.05) is 48.0 Å². The molecule has 31 heavy (non-hydrogen) atoms. The molecule has 4 N–H and O–H groups in total. The van der Waals surface area contributed by atoms with Crippen LogP contribution in [0.25, 0.3) is 0 Å². The minimum atomic E-state index is -4.02. The number of carbonyl (C=O) groups is 1. The molecule has 0 saturated heterocycles. The van der Waals surface area contributed by atoms with Crippen LogP contribution in [0.15, 0.2) is 59.5 Å². The molecule has 9 heteroatoms. The quantitative estimate of drug-likeness (QED) is 0.430. The first kappa shape index (κ1) is 26.7. The molecule has 0 bridgehead atoms. The minimum absolute atomic E-state index is 0.00883. The Bertz CT molecular complexity index is 907. The van der Waals surface area contributed by atoms with Crippen LogP contribution in [0.3, 0.4) is 0 Å². The van der Waals surface area contributed by atoms with Crippen molar-refractivity contribution in [3.05, 3.63) is 65.7 Å². The highest BCUT2D eigenvalue weighted by Crippen LogP contribution is 2.10. The van der Waals surface area contributed by atoms with Gasteiger partial charge >= 0.3 is 5.97 Å². The van der Waals surface area contributed by atoms with Gasteiger partial charge in [0, 0.05) is 0 Å². The lowest BCUT2D eigenvalue weighted by Crippen LogP contribution is -2.46. The summed E-state index contributed by atoms with van der Waals surface area (Å²) >= 11 is 0. The molecule has 0 radical (unpaired) electrons. The van der Waals surface area contributed by atoms with Crippen LogP contribution in [0, 0.1) is 6.92 Å². The van der Waals surface area contributed by atoms with Crippen LogP contribution in [0.5, 0.6) is 0 Å². The molecule has 2 unspecified atom stereocenters. The van der Waals surface area contributed by atoms with Gasteiger partial charge in [-0.15, -0.1) is 0 Å². The third-order valence-corrected chi connectivity index (χ3v) is 4.78. The standard InChI is InChI=1S/C15H23NO4.C7H8O3S/c1-15(2,3)20-10-12(17)13(16)14(18)19-9-11-7-5-4-6-8-11;1-6-2-4-7(5-3-6)11(8,9)10/h4-8,12-13,17H,9-10,16H2,1-3H3;2-5H,1H3,(H,8,9,10). The van der Waals surface area contributed by atoms with E-state index < -0.39 is 33.8 Å². The lowest BCUT2D eigenvalue weighted by molar-refractivity contribution is -0.151. The summed E-state index contributed by atoms with van der Waals surface area (Å²) in [4.78, 5) is 11.7. The Kier molecular flexibility index (Phi) is 10.3. The third-order valence-electron chi connectivity index (χ3n) is 3.92. The van der Waals surface area contributed by atoms with E-state index in [2.05, 4.69) is 0 Å². The molecule has 0 saturated carbocycles. The van der Waals surface area contributed by atoms with Crippen molar-refractivity contribution in [3.63, 3.8) is 0 Å². The number of aliphatic hydroxyl groups is 1. The first-order valence-electron chi connectivity index (χ1n) is 9.62. The first-order chi connectivity index (χ1) is 14.3. The summed E-state index contributed by atoms with van der Waals surface area (Å²) in [5.74, 6) is -0.640. The van der Waals surface area contributed by atoms with Gasteiger partial charge in [-0.25, -0.2) is 0 Å². The number of hydrogen-bond acceptors (Lipinski definition) is 7. The molecule has 2 rings (SSSR count). The van der Waals surface area contributed by atoms with E-state index in [-0.39, 0.29) is 18.1 Å². The highest BCUT2D eigenvalue weighted by atomic mass is 32.2. The monoisotopic (exact) mass is 453 g/mol. The van der Waals surface area contributed by atoms with Crippen LogP contribution in [0.4, 0.5) is 0 Å². The maximum Gasteiger partial charge on any atom is 0.326 e. The van der Waals surface area contributed by atoms with Crippen molar-refractivity contribution in [2.45, 2.75) is 56.9 Å². The number of ether oxygens (including phenoxy) is 2. The van der Waals surface area contributed by atoms with Gasteiger partial charge in [0.2, 0.25) is 0 Å². The Morgan fingerprint density at radius 2 is 1.61 bits per heavy atom. The van der Waals surface area contributed by atoms with Gasteiger partial charge < -0.3 is 20.3 Å². The molecule has 0 spiro atoms. The van der Waals surface area contributed by atoms with Gasteiger partial charge in [0.15, 0.2) is 0 Å². The largest absolute Gasteiger partial charge is 0.460 e. The molecule has 0 aliphatic carbocycles. The van der Waals surface area contributed by atoms with Crippen LogP contribution in [-0.2, 0) is 31.0 Å². The van der Waals surface area contributed by atoms with Gasteiger partial charge in [0.1, 0.15) is 18.8 Å². The average molecular weight is 454 g/mol. The fourth-order valence-electron chi connectivity index (χ4n) is 2.13. The van der Waals surface area contributed by atoms with Crippen molar-refractivity contribution >= 4 is 16.1 Å². The van der Waals surface area contributed by atoms with Crippen LogP contribution in [0.2, 0.25) is 0 Å². The number of esters is 1. The Labute approximate surface area is 183 Å². The van der Waals surface area contributed by atoms with Crippen LogP contribution in [-0.4, -0.2) is 48.4 Å².